The molecule has 0 aromatic heterocycles. The summed E-state index contributed by atoms with van der Waals surface area (Å²) in [5.74, 6) is 0.634. The van der Waals surface area contributed by atoms with Crippen LogP contribution >= 0.6 is 0 Å². The Kier molecular flexibility index (Phi) is 7.46. The molecule has 1 unspecified atom stereocenters. The van der Waals surface area contributed by atoms with Gasteiger partial charge < -0.3 is 19.7 Å². The number of hydrogen-bond acceptors (Lipinski definition) is 4. The molecule has 0 aromatic carbocycles. The largest absolute Gasteiger partial charge is 0.444 e. The smallest absolute Gasteiger partial charge is 0.410 e. The predicted octanol–water partition coefficient (Wildman–Crippen LogP) is 2.65. The maximum absolute atomic E-state index is 12.0. The first-order valence-electron chi connectivity index (χ1n) is 8.06. The molecule has 1 N–H and O–H groups in total. The Hall–Kier alpha value is -0.810. The summed E-state index contributed by atoms with van der Waals surface area (Å²) >= 11 is 0. The monoisotopic (exact) mass is 300 g/mol. The number of methoxy groups -OCH3 is 1. The van der Waals surface area contributed by atoms with Crippen molar-refractivity contribution in [2.24, 2.45) is 5.92 Å². The van der Waals surface area contributed by atoms with Gasteiger partial charge in [-0.25, -0.2) is 4.79 Å². The van der Waals surface area contributed by atoms with Crippen LogP contribution in [0, 0.1) is 5.92 Å². The number of ether oxygens (including phenoxy) is 2. The molecule has 1 saturated heterocycles. The Morgan fingerprint density at radius 2 is 1.95 bits per heavy atom. The number of hydrogen-bond donors (Lipinski definition) is 1. The summed E-state index contributed by atoms with van der Waals surface area (Å²) in [4.78, 5) is 13.8. The van der Waals surface area contributed by atoms with Crippen LogP contribution in [0.3, 0.4) is 0 Å². The molecular formula is C16H32N2O3. The van der Waals surface area contributed by atoms with E-state index in [4.69, 9.17) is 9.47 Å². The number of likely N-dealkylation sites (tertiary alicyclic amines) is 1. The van der Waals surface area contributed by atoms with E-state index < -0.39 is 5.60 Å². The SMILES string of the molecule is CCC(COC)NCC1CCN(C(=O)OC(C)(C)C)CC1. The molecule has 1 rings (SSSR count). The Labute approximate surface area is 129 Å². The lowest BCUT2D eigenvalue weighted by Crippen LogP contribution is -2.44. The van der Waals surface area contributed by atoms with Crippen LogP contribution < -0.4 is 5.32 Å². The Bertz CT molecular complexity index is 307. The van der Waals surface area contributed by atoms with Crippen molar-refractivity contribution in [3.8, 4) is 0 Å². The second kappa shape index (κ2) is 8.59. The molecule has 0 aliphatic carbocycles. The van der Waals surface area contributed by atoms with Gasteiger partial charge >= 0.3 is 6.09 Å². The van der Waals surface area contributed by atoms with E-state index >= 15 is 0 Å². The summed E-state index contributed by atoms with van der Waals surface area (Å²) in [5, 5.41) is 3.56. The van der Waals surface area contributed by atoms with Crippen molar-refractivity contribution in [3.63, 3.8) is 0 Å². The summed E-state index contributed by atoms with van der Waals surface area (Å²) in [7, 11) is 1.74. The summed E-state index contributed by atoms with van der Waals surface area (Å²) in [6.45, 7) is 11.2. The van der Waals surface area contributed by atoms with Crippen molar-refractivity contribution >= 4 is 6.09 Å². The molecule has 1 aliphatic rings. The van der Waals surface area contributed by atoms with Crippen molar-refractivity contribution in [1.82, 2.24) is 10.2 Å². The van der Waals surface area contributed by atoms with E-state index in [-0.39, 0.29) is 6.09 Å². The number of piperidine rings is 1. The van der Waals surface area contributed by atoms with Gasteiger partial charge in [0.15, 0.2) is 0 Å². The lowest BCUT2D eigenvalue weighted by Gasteiger charge is -2.34. The van der Waals surface area contributed by atoms with E-state index in [1.54, 1.807) is 7.11 Å². The maximum Gasteiger partial charge on any atom is 0.410 e. The van der Waals surface area contributed by atoms with Gasteiger partial charge in [0.2, 0.25) is 0 Å². The van der Waals surface area contributed by atoms with Gasteiger partial charge in [0, 0.05) is 26.2 Å². The first-order valence-corrected chi connectivity index (χ1v) is 8.06. The number of nitrogens with zero attached hydrogens (tertiary/aromatic N) is 1. The summed E-state index contributed by atoms with van der Waals surface area (Å²) < 4.78 is 10.6. The molecule has 0 saturated carbocycles. The van der Waals surface area contributed by atoms with Crippen LogP contribution in [0.5, 0.6) is 0 Å². The second-order valence-electron chi connectivity index (χ2n) is 6.88. The standard InChI is InChI=1S/C16H32N2O3/c1-6-14(12-20-5)17-11-13-7-9-18(10-8-13)15(19)21-16(2,3)4/h13-14,17H,6-12H2,1-5H3. The fraction of sp³-hybridized carbons (Fsp3) is 0.938. The van der Waals surface area contributed by atoms with Crippen molar-refractivity contribution in [3.05, 3.63) is 0 Å². The average molecular weight is 300 g/mol. The Morgan fingerprint density at radius 1 is 1.33 bits per heavy atom. The summed E-state index contributed by atoms with van der Waals surface area (Å²) in [6.07, 6.45) is 2.97. The van der Waals surface area contributed by atoms with Gasteiger partial charge in [0.25, 0.3) is 0 Å². The highest BCUT2D eigenvalue weighted by atomic mass is 16.6. The molecule has 0 spiro atoms. The normalized spacial score (nSPS) is 18.6. The van der Waals surface area contributed by atoms with E-state index in [9.17, 15) is 4.79 Å². The third-order valence-electron chi connectivity index (χ3n) is 3.82. The quantitative estimate of drug-likeness (QED) is 0.819. The minimum absolute atomic E-state index is 0.181. The molecular weight excluding hydrogens is 268 g/mol. The van der Waals surface area contributed by atoms with E-state index in [0.29, 0.717) is 12.0 Å². The third kappa shape index (κ3) is 7.14. The van der Waals surface area contributed by atoms with E-state index in [1.807, 2.05) is 25.7 Å². The lowest BCUT2D eigenvalue weighted by atomic mass is 9.96. The average Bonchev–Trinajstić information content (AvgIpc) is 2.42. The fourth-order valence-corrected chi connectivity index (χ4v) is 2.50. The molecule has 1 amide bonds. The van der Waals surface area contributed by atoms with Crippen molar-refractivity contribution in [2.75, 3.05) is 33.4 Å². The summed E-state index contributed by atoms with van der Waals surface area (Å²) in [5.41, 5.74) is -0.413. The van der Waals surface area contributed by atoms with Crippen LogP contribution in [-0.2, 0) is 9.47 Å². The number of amides is 1. The minimum atomic E-state index is -0.413. The van der Waals surface area contributed by atoms with Crippen molar-refractivity contribution in [1.29, 1.82) is 0 Å². The van der Waals surface area contributed by atoms with Gasteiger partial charge in [-0.15, -0.1) is 0 Å². The zero-order chi connectivity index (χ0) is 15.9. The highest BCUT2D eigenvalue weighted by Crippen LogP contribution is 2.19. The van der Waals surface area contributed by atoms with Crippen LogP contribution in [0.15, 0.2) is 0 Å². The number of carbonyl (C=O) groups excluding carboxylic acids is 1. The number of carbonyl (C=O) groups is 1. The van der Waals surface area contributed by atoms with Gasteiger partial charge in [-0.1, -0.05) is 6.92 Å². The van der Waals surface area contributed by atoms with E-state index in [1.165, 1.54) is 0 Å². The predicted molar refractivity (Wildman–Crippen MR) is 84.5 cm³/mol. The van der Waals surface area contributed by atoms with Crippen LogP contribution in [0.2, 0.25) is 0 Å². The molecule has 1 aliphatic heterocycles. The Balaban J connectivity index is 2.27. The fourth-order valence-electron chi connectivity index (χ4n) is 2.50. The first kappa shape index (κ1) is 18.2. The maximum atomic E-state index is 12.0. The van der Waals surface area contributed by atoms with E-state index in [2.05, 4.69) is 12.2 Å². The van der Waals surface area contributed by atoms with Crippen molar-refractivity contribution in [2.45, 2.75) is 58.6 Å². The van der Waals surface area contributed by atoms with Gasteiger partial charge in [-0.05, 0) is 52.5 Å². The zero-order valence-corrected chi connectivity index (χ0v) is 14.3. The highest BCUT2D eigenvalue weighted by molar-refractivity contribution is 5.68. The first-order chi connectivity index (χ1) is 9.85. The van der Waals surface area contributed by atoms with Gasteiger partial charge in [0.05, 0.1) is 6.61 Å². The van der Waals surface area contributed by atoms with Crippen LogP contribution in [0.25, 0.3) is 0 Å². The zero-order valence-electron chi connectivity index (χ0n) is 14.3. The van der Waals surface area contributed by atoms with Gasteiger partial charge in [-0.3, -0.25) is 0 Å². The molecule has 124 valence electrons. The van der Waals surface area contributed by atoms with Gasteiger partial charge in [-0.2, -0.15) is 0 Å². The third-order valence-corrected chi connectivity index (χ3v) is 3.82. The molecule has 5 heteroatoms. The molecule has 21 heavy (non-hydrogen) atoms. The number of rotatable bonds is 6. The summed E-state index contributed by atoms with van der Waals surface area (Å²) in [6, 6.07) is 0.430. The molecule has 1 atom stereocenters. The lowest BCUT2D eigenvalue weighted by molar-refractivity contribution is 0.0182. The molecule has 1 heterocycles. The molecule has 5 nitrogen and oxygen atoms in total. The van der Waals surface area contributed by atoms with E-state index in [0.717, 1.165) is 45.5 Å². The molecule has 0 aromatic rings. The second-order valence-corrected chi connectivity index (χ2v) is 6.88. The van der Waals surface area contributed by atoms with Gasteiger partial charge in [0.1, 0.15) is 5.60 Å². The van der Waals surface area contributed by atoms with Crippen molar-refractivity contribution < 1.29 is 14.3 Å². The molecule has 0 radical (unpaired) electrons. The van der Waals surface area contributed by atoms with Crippen LogP contribution in [-0.4, -0.2) is 56.0 Å². The molecule has 1 fully saturated rings. The highest BCUT2D eigenvalue weighted by Gasteiger charge is 2.26. The topological polar surface area (TPSA) is 50.8 Å². The van der Waals surface area contributed by atoms with Crippen LogP contribution in [0.4, 0.5) is 4.79 Å². The van der Waals surface area contributed by atoms with Crippen LogP contribution in [0.1, 0.15) is 47.0 Å². The Morgan fingerprint density at radius 3 is 2.43 bits per heavy atom. The minimum Gasteiger partial charge on any atom is -0.444 e. The molecule has 0 bridgehead atoms. The number of nitrogens with one attached hydrogen (secondary N) is 1.